The molecule has 0 radical (unpaired) electrons. The smallest absolute Gasteiger partial charge is 0.397 e. The summed E-state index contributed by atoms with van der Waals surface area (Å²) >= 11 is 1.04. The molecule has 0 rings (SSSR count). The molecule has 0 aromatic heterocycles. The lowest BCUT2D eigenvalue weighted by atomic mass is 9.72. The van der Waals surface area contributed by atoms with Gasteiger partial charge in [-0.05, 0) is 40.0 Å². The average molecular weight is 811 g/mol. The Balaban J connectivity index is 5.47. The average Bonchev–Trinajstić information content (AvgIpc) is 3.02. The zero-order valence-corrected chi connectivity index (χ0v) is 29.3. The van der Waals surface area contributed by atoms with Crippen molar-refractivity contribution in [3.05, 3.63) is 0 Å². The van der Waals surface area contributed by atoms with Crippen LogP contribution in [0.5, 0.6) is 0 Å². The maximum Gasteiger partial charge on any atom is 0.397 e. The number of aliphatic hydroxyl groups excluding tert-OH is 1. The summed E-state index contributed by atoms with van der Waals surface area (Å²) < 4.78 is 194. The second-order valence-electron chi connectivity index (χ2n) is 12.6. The van der Waals surface area contributed by atoms with Crippen molar-refractivity contribution in [2.45, 2.75) is 96.3 Å². The maximum absolute atomic E-state index is 14.3. The molecule has 306 valence electrons. The number of methoxy groups -OCH3 is 1. The van der Waals surface area contributed by atoms with Crippen molar-refractivity contribution < 1.29 is 100 Å². The van der Waals surface area contributed by atoms with Gasteiger partial charge in [-0.2, -0.15) is 48.3 Å². The van der Waals surface area contributed by atoms with Crippen LogP contribution in [0.4, 0.5) is 57.1 Å². The normalized spacial score (nSPS) is 16.4. The van der Waals surface area contributed by atoms with Gasteiger partial charge in [-0.25, -0.2) is 8.78 Å². The van der Waals surface area contributed by atoms with Crippen molar-refractivity contribution in [3.63, 3.8) is 0 Å². The van der Waals surface area contributed by atoms with Crippen LogP contribution in [-0.4, -0.2) is 110 Å². The third kappa shape index (κ3) is 12.2. The zero-order chi connectivity index (χ0) is 41.3. The standard InChI is InChI=1S/C29H39F13O9S/c1-7-24(5,14-23(3,4)21(46)51-11-16(43)10-50-18(44)13-52-12-15(2)19(45)48-6)22(47)49-9-8-17(27(36,37)38)25(32,33)28(39,40)29(41,42)26(34,35)20(30)31/h15-17,20,43H,7-14H2,1-6H3. The van der Waals surface area contributed by atoms with E-state index in [2.05, 4.69) is 9.47 Å². The summed E-state index contributed by atoms with van der Waals surface area (Å²) in [4.78, 5) is 48.8. The van der Waals surface area contributed by atoms with E-state index >= 15 is 0 Å². The molecule has 0 aliphatic heterocycles. The molecule has 0 saturated heterocycles. The van der Waals surface area contributed by atoms with Gasteiger partial charge >= 0.3 is 60.2 Å². The molecular weight excluding hydrogens is 771 g/mol. The fraction of sp³-hybridized carbons (Fsp3) is 0.862. The molecule has 4 unspecified atom stereocenters. The number of aliphatic hydroxyl groups is 1. The highest BCUT2D eigenvalue weighted by molar-refractivity contribution is 7.99. The third-order valence-electron chi connectivity index (χ3n) is 7.67. The van der Waals surface area contributed by atoms with Crippen LogP contribution in [0, 0.1) is 22.7 Å². The van der Waals surface area contributed by atoms with Gasteiger partial charge in [-0.3, -0.25) is 19.2 Å². The molecule has 0 spiro atoms. The summed E-state index contributed by atoms with van der Waals surface area (Å²) in [6, 6.07) is 0. The van der Waals surface area contributed by atoms with Gasteiger partial charge in [0.1, 0.15) is 25.2 Å². The molecule has 0 amide bonds. The summed E-state index contributed by atoms with van der Waals surface area (Å²) in [5, 5.41) is 10.0. The molecule has 0 heterocycles. The molecule has 9 nitrogen and oxygen atoms in total. The monoisotopic (exact) mass is 810 g/mol. The highest BCUT2D eigenvalue weighted by atomic mass is 32.2. The van der Waals surface area contributed by atoms with Crippen molar-refractivity contribution in [2.24, 2.45) is 22.7 Å². The quantitative estimate of drug-likeness (QED) is 0.0716. The van der Waals surface area contributed by atoms with E-state index < -0.39 is 122 Å². The molecule has 0 aromatic rings. The minimum Gasteiger partial charge on any atom is -0.469 e. The van der Waals surface area contributed by atoms with Crippen LogP contribution < -0.4 is 0 Å². The summed E-state index contributed by atoms with van der Waals surface area (Å²) in [6.07, 6.45) is -17.0. The first-order chi connectivity index (χ1) is 23.3. The van der Waals surface area contributed by atoms with Crippen molar-refractivity contribution in [3.8, 4) is 0 Å². The number of carbonyl (C=O) groups excluding carboxylic acids is 4. The number of hydrogen-bond donors (Lipinski definition) is 1. The Morgan fingerprint density at radius 1 is 0.769 bits per heavy atom. The Kier molecular flexibility index (Phi) is 17.6. The second kappa shape index (κ2) is 18.5. The van der Waals surface area contributed by atoms with Crippen molar-refractivity contribution in [1.29, 1.82) is 0 Å². The Bertz CT molecular complexity index is 1220. The lowest BCUT2D eigenvalue weighted by Crippen LogP contribution is -2.67. The van der Waals surface area contributed by atoms with E-state index in [0.717, 1.165) is 18.7 Å². The van der Waals surface area contributed by atoms with Crippen molar-refractivity contribution in [2.75, 3.05) is 38.4 Å². The van der Waals surface area contributed by atoms with E-state index in [1.807, 2.05) is 0 Å². The van der Waals surface area contributed by atoms with Gasteiger partial charge in [0.15, 0.2) is 0 Å². The fourth-order valence-corrected chi connectivity index (χ4v) is 5.25. The number of alkyl halides is 13. The summed E-state index contributed by atoms with van der Waals surface area (Å²) in [5.41, 5.74) is -3.52. The second-order valence-corrected chi connectivity index (χ2v) is 13.6. The van der Waals surface area contributed by atoms with Crippen LogP contribution in [0.2, 0.25) is 0 Å². The van der Waals surface area contributed by atoms with Crippen LogP contribution >= 0.6 is 11.8 Å². The number of rotatable bonds is 22. The number of halogens is 13. The van der Waals surface area contributed by atoms with Gasteiger partial charge in [-0.1, -0.05) is 13.8 Å². The number of hydrogen-bond acceptors (Lipinski definition) is 10. The first kappa shape index (κ1) is 49.3. The zero-order valence-electron chi connectivity index (χ0n) is 28.5. The number of esters is 4. The molecule has 0 aliphatic carbocycles. The van der Waals surface area contributed by atoms with Crippen LogP contribution in [-0.2, 0) is 38.1 Å². The Labute approximate surface area is 293 Å². The topological polar surface area (TPSA) is 125 Å². The first-order valence-electron chi connectivity index (χ1n) is 15.0. The van der Waals surface area contributed by atoms with Crippen LogP contribution in [0.15, 0.2) is 0 Å². The van der Waals surface area contributed by atoms with Crippen LogP contribution in [0.25, 0.3) is 0 Å². The Morgan fingerprint density at radius 3 is 1.73 bits per heavy atom. The van der Waals surface area contributed by atoms with E-state index in [9.17, 15) is 81.4 Å². The predicted octanol–water partition coefficient (Wildman–Crippen LogP) is 6.73. The largest absolute Gasteiger partial charge is 0.469 e. The fourth-order valence-electron chi connectivity index (χ4n) is 4.39. The highest BCUT2D eigenvalue weighted by Gasteiger charge is 2.85. The van der Waals surface area contributed by atoms with E-state index in [-0.39, 0.29) is 17.9 Å². The van der Waals surface area contributed by atoms with Gasteiger partial charge in [0, 0.05) is 5.75 Å². The van der Waals surface area contributed by atoms with Gasteiger partial charge in [0.05, 0.1) is 36.2 Å². The van der Waals surface area contributed by atoms with Gasteiger partial charge < -0.3 is 24.1 Å². The summed E-state index contributed by atoms with van der Waals surface area (Å²) in [6.45, 7) is 3.14. The Hall–Kier alpha value is -2.72. The molecular formula is C29H39F13O9S. The Morgan fingerprint density at radius 2 is 1.27 bits per heavy atom. The molecule has 23 heteroatoms. The lowest BCUT2D eigenvalue weighted by Gasteiger charge is -2.40. The van der Waals surface area contributed by atoms with Gasteiger partial charge in [-0.15, -0.1) is 11.8 Å². The molecule has 0 aromatic carbocycles. The molecule has 4 atom stereocenters. The summed E-state index contributed by atoms with van der Waals surface area (Å²) in [7, 11) is 1.19. The summed E-state index contributed by atoms with van der Waals surface area (Å²) in [5.74, 6) is -38.9. The molecule has 52 heavy (non-hydrogen) atoms. The number of carbonyl (C=O) groups is 4. The van der Waals surface area contributed by atoms with Gasteiger partial charge in [0.2, 0.25) is 0 Å². The first-order valence-corrected chi connectivity index (χ1v) is 16.1. The van der Waals surface area contributed by atoms with E-state index in [4.69, 9.17) is 9.47 Å². The van der Waals surface area contributed by atoms with E-state index in [1.165, 1.54) is 27.9 Å². The SMILES string of the molecule is CCC(C)(CC(C)(C)C(=O)OCC(O)COC(=O)CSCC(C)C(=O)OC)C(=O)OCCC(C(F)(F)F)C(F)(F)C(F)(F)C(F)(F)C(F)(F)C(F)F. The minimum absolute atomic E-state index is 0.200. The number of ether oxygens (including phenoxy) is 4. The minimum atomic E-state index is -7.69. The van der Waals surface area contributed by atoms with E-state index in [1.54, 1.807) is 6.92 Å². The maximum atomic E-state index is 14.3. The van der Waals surface area contributed by atoms with E-state index in [0.29, 0.717) is 0 Å². The molecule has 1 N–H and O–H groups in total. The van der Waals surface area contributed by atoms with Crippen molar-refractivity contribution >= 4 is 35.6 Å². The third-order valence-corrected chi connectivity index (χ3v) is 8.85. The number of thioether (sulfide) groups is 1. The molecule has 0 aliphatic rings. The highest BCUT2D eigenvalue weighted by Crippen LogP contribution is 2.58. The van der Waals surface area contributed by atoms with Crippen LogP contribution in [0.1, 0.15) is 53.9 Å². The molecule has 0 fully saturated rings. The van der Waals surface area contributed by atoms with Crippen LogP contribution in [0.3, 0.4) is 0 Å². The molecule has 0 bridgehead atoms. The van der Waals surface area contributed by atoms with Gasteiger partial charge in [0.25, 0.3) is 0 Å². The predicted molar refractivity (Wildman–Crippen MR) is 154 cm³/mol. The van der Waals surface area contributed by atoms with Crippen molar-refractivity contribution in [1.82, 2.24) is 0 Å². The lowest BCUT2D eigenvalue weighted by molar-refractivity contribution is -0.405. The molecule has 0 saturated carbocycles.